The Morgan fingerprint density at radius 3 is 2.86 bits per heavy atom. The third-order valence-corrected chi connectivity index (χ3v) is 5.38. The highest BCUT2D eigenvalue weighted by Gasteiger charge is 2.22. The number of anilines is 2. The van der Waals surface area contributed by atoms with Gasteiger partial charge in [0.2, 0.25) is 23.7 Å². The summed E-state index contributed by atoms with van der Waals surface area (Å²) in [7, 11) is 0. The van der Waals surface area contributed by atoms with Gasteiger partial charge < -0.3 is 15.5 Å². The van der Waals surface area contributed by atoms with Crippen LogP contribution in [-0.4, -0.2) is 47.2 Å². The van der Waals surface area contributed by atoms with Gasteiger partial charge >= 0.3 is 0 Å². The molecule has 0 aliphatic rings. The Hall–Kier alpha value is -2.47. The Labute approximate surface area is 173 Å². The topological polar surface area (TPSA) is 145 Å². The van der Waals surface area contributed by atoms with Crippen molar-refractivity contribution >= 4 is 56.7 Å². The second-order valence-corrected chi connectivity index (χ2v) is 8.05. The van der Waals surface area contributed by atoms with Crippen molar-refractivity contribution in [3.05, 3.63) is 17.0 Å². The zero-order valence-corrected chi connectivity index (χ0v) is 17.8. The number of aromatic nitrogens is 6. The molecule has 0 spiro atoms. The lowest BCUT2D eigenvalue weighted by Crippen LogP contribution is -2.26. The van der Waals surface area contributed by atoms with Crippen LogP contribution in [0.25, 0.3) is 11.2 Å². The molecule has 0 saturated carbocycles. The van der Waals surface area contributed by atoms with E-state index in [0.717, 1.165) is 0 Å². The van der Waals surface area contributed by atoms with Crippen molar-refractivity contribution in [3.8, 4) is 5.88 Å². The number of fused-ring (bicyclic) bond motifs is 1. The highest BCUT2D eigenvalue weighted by Crippen LogP contribution is 2.30. The summed E-state index contributed by atoms with van der Waals surface area (Å²) in [6.45, 7) is 5.68. The number of halogens is 1. The number of carbonyl (C=O) groups is 1. The summed E-state index contributed by atoms with van der Waals surface area (Å²) < 4.78 is 6.22. The van der Waals surface area contributed by atoms with Crippen LogP contribution in [0.1, 0.15) is 27.2 Å². The summed E-state index contributed by atoms with van der Waals surface area (Å²) in [5.41, 5.74) is 6.84. The van der Waals surface area contributed by atoms with Crippen molar-refractivity contribution in [3.63, 3.8) is 0 Å². The summed E-state index contributed by atoms with van der Waals surface area (Å²) in [6.07, 6.45) is 3.54. The van der Waals surface area contributed by atoms with Crippen LogP contribution in [0, 0.1) is 0 Å². The number of imidazole rings is 1. The van der Waals surface area contributed by atoms with Gasteiger partial charge in [-0.25, -0.2) is 15.0 Å². The van der Waals surface area contributed by atoms with Crippen molar-refractivity contribution in [2.45, 2.75) is 43.6 Å². The maximum absolute atomic E-state index is 12.8. The molecular weight excluding hydrogens is 448 g/mol. The lowest BCUT2D eigenvalue weighted by Gasteiger charge is -2.15. The van der Waals surface area contributed by atoms with E-state index < -0.39 is 5.25 Å². The molecule has 28 heavy (non-hydrogen) atoms. The summed E-state index contributed by atoms with van der Waals surface area (Å²) in [5, 5.41) is 2.84. The number of thioether (sulfide) groups is 1. The predicted molar refractivity (Wildman–Crippen MR) is 110 cm³/mol. The molecule has 0 unspecified atom stereocenters. The monoisotopic (exact) mass is 466 g/mol. The Morgan fingerprint density at radius 1 is 1.36 bits per heavy atom. The maximum Gasteiger partial charge on any atom is 0.240 e. The average molecular weight is 467 g/mol. The number of aromatic amines is 1. The first-order valence-corrected chi connectivity index (χ1v) is 10.2. The predicted octanol–water partition coefficient (Wildman–Crippen LogP) is 2.78. The normalized spacial score (nSPS) is 12.3. The van der Waals surface area contributed by atoms with E-state index in [1.54, 1.807) is 0 Å². The number of hydrogen-bond donors (Lipinski definition) is 3. The number of rotatable bonds is 7. The fourth-order valence-corrected chi connectivity index (χ4v) is 3.57. The molecule has 1 atom stereocenters. The smallest absolute Gasteiger partial charge is 0.240 e. The summed E-state index contributed by atoms with van der Waals surface area (Å²) in [4.78, 5) is 36.5. The van der Waals surface area contributed by atoms with Crippen LogP contribution in [0.4, 0.5) is 11.9 Å². The number of hydrogen-bond acceptors (Lipinski definition) is 9. The Bertz CT molecular complexity index is 996. The minimum absolute atomic E-state index is 0.0614. The Balaban J connectivity index is 1.78. The number of amides is 1. The van der Waals surface area contributed by atoms with E-state index in [0.29, 0.717) is 33.0 Å². The second kappa shape index (κ2) is 8.69. The molecule has 3 aromatic rings. The zero-order valence-electron chi connectivity index (χ0n) is 15.4. The van der Waals surface area contributed by atoms with E-state index in [1.165, 1.54) is 24.3 Å². The average Bonchev–Trinajstić information content (AvgIpc) is 3.10. The van der Waals surface area contributed by atoms with Gasteiger partial charge in [0.1, 0.15) is 10.5 Å². The van der Waals surface area contributed by atoms with E-state index in [9.17, 15) is 4.79 Å². The Morgan fingerprint density at radius 2 is 2.14 bits per heavy atom. The van der Waals surface area contributed by atoms with Crippen molar-refractivity contribution in [1.82, 2.24) is 29.9 Å². The fourth-order valence-electron chi connectivity index (χ4n) is 2.27. The van der Waals surface area contributed by atoms with Crippen LogP contribution in [0.15, 0.2) is 22.0 Å². The molecule has 0 fully saturated rings. The van der Waals surface area contributed by atoms with Crippen LogP contribution in [0.5, 0.6) is 5.88 Å². The number of ether oxygens (including phenoxy) is 1. The molecule has 0 bridgehead atoms. The van der Waals surface area contributed by atoms with Gasteiger partial charge in [-0.15, -0.1) is 0 Å². The van der Waals surface area contributed by atoms with Crippen LogP contribution in [0.2, 0.25) is 0 Å². The molecule has 0 aliphatic heterocycles. The molecule has 10 nitrogen and oxygen atoms in total. The fraction of sp³-hybridized carbons (Fsp3) is 0.375. The SMILES string of the molecule is CC[C@@H](Sc1nc(N)nc2nc[nH]c12)C(=O)Nc1ncc(Br)c(OC(C)C)n1. The van der Waals surface area contributed by atoms with Gasteiger partial charge in [0.25, 0.3) is 0 Å². The third kappa shape index (κ3) is 4.68. The minimum atomic E-state index is -0.442. The number of nitrogen functional groups attached to an aromatic ring is 1. The number of nitrogens with zero attached hydrogens (tertiary/aromatic N) is 5. The highest BCUT2D eigenvalue weighted by molar-refractivity contribution is 9.10. The van der Waals surface area contributed by atoms with Gasteiger partial charge in [-0.05, 0) is 36.2 Å². The first-order chi connectivity index (χ1) is 13.4. The van der Waals surface area contributed by atoms with Crippen LogP contribution in [0.3, 0.4) is 0 Å². The van der Waals surface area contributed by atoms with Crippen molar-refractivity contribution in [2.75, 3.05) is 11.1 Å². The van der Waals surface area contributed by atoms with Crippen molar-refractivity contribution in [2.24, 2.45) is 0 Å². The molecule has 3 heterocycles. The number of H-pyrrole nitrogens is 1. The van der Waals surface area contributed by atoms with Gasteiger partial charge in [0, 0.05) is 0 Å². The molecule has 3 rings (SSSR count). The van der Waals surface area contributed by atoms with Gasteiger partial charge in [-0.2, -0.15) is 9.97 Å². The van der Waals surface area contributed by atoms with Crippen molar-refractivity contribution in [1.29, 1.82) is 0 Å². The molecule has 1 amide bonds. The van der Waals surface area contributed by atoms with E-state index in [2.05, 4.69) is 51.2 Å². The third-order valence-electron chi connectivity index (χ3n) is 3.48. The molecule has 0 radical (unpaired) electrons. The van der Waals surface area contributed by atoms with Gasteiger partial charge in [-0.1, -0.05) is 18.7 Å². The Kier molecular flexibility index (Phi) is 6.29. The quantitative estimate of drug-likeness (QED) is 0.353. The molecule has 3 aromatic heterocycles. The molecule has 148 valence electrons. The standard InChI is InChI=1S/C16H19BrN8O2S/c1-4-9(28-14-10-11(21-6-20-10)22-15(18)25-14)12(26)23-16-19-5-8(17)13(24-16)27-7(2)3/h5-7,9H,4H2,1-3H3,(H,19,23,24,26)(H3,18,20,21,22,25)/t9-/m1/s1. The largest absolute Gasteiger partial charge is 0.474 e. The zero-order chi connectivity index (χ0) is 20.3. The van der Waals surface area contributed by atoms with Crippen LogP contribution >= 0.6 is 27.7 Å². The second-order valence-electron chi connectivity index (χ2n) is 6.01. The molecule has 0 aliphatic carbocycles. The molecule has 0 saturated heterocycles. The lowest BCUT2D eigenvalue weighted by atomic mass is 10.3. The van der Waals surface area contributed by atoms with E-state index in [-0.39, 0.29) is 23.9 Å². The number of carbonyl (C=O) groups excluding carboxylic acids is 1. The van der Waals surface area contributed by atoms with Gasteiger partial charge in [0.15, 0.2) is 5.65 Å². The molecule has 0 aromatic carbocycles. The maximum atomic E-state index is 12.8. The molecular formula is C16H19BrN8O2S. The number of nitrogens with one attached hydrogen (secondary N) is 2. The number of nitrogens with two attached hydrogens (primary N) is 1. The summed E-state index contributed by atoms with van der Waals surface area (Å²) in [5.74, 6) is 0.375. The first-order valence-electron chi connectivity index (χ1n) is 8.50. The highest BCUT2D eigenvalue weighted by atomic mass is 79.9. The van der Waals surface area contributed by atoms with Crippen LogP contribution < -0.4 is 15.8 Å². The van der Waals surface area contributed by atoms with E-state index >= 15 is 0 Å². The molecule has 4 N–H and O–H groups in total. The van der Waals surface area contributed by atoms with Crippen molar-refractivity contribution < 1.29 is 9.53 Å². The minimum Gasteiger partial charge on any atom is -0.474 e. The van der Waals surface area contributed by atoms with Gasteiger partial charge in [-0.3, -0.25) is 10.1 Å². The van der Waals surface area contributed by atoms with Gasteiger partial charge in [0.05, 0.1) is 28.4 Å². The summed E-state index contributed by atoms with van der Waals surface area (Å²) >= 11 is 4.61. The van der Waals surface area contributed by atoms with E-state index in [1.807, 2.05) is 20.8 Å². The summed E-state index contributed by atoms with van der Waals surface area (Å²) in [6, 6.07) is 0. The van der Waals surface area contributed by atoms with Crippen LogP contribution in [-0.2, 0) is 4.79 Å². The van der Waals surface area contributed by atoms with E-state index in [4.69, 9.17) is 10.5 Å². The molecule has 12 heteroatoms. The first kappa shape index (κ1) is 20.3. The lowest BCUT2D eigenvalue weighted by molar-refractivity contribution is -0.115.